The summed E-state index contributed by atoms with van der Waals surface area (Å²) in [7, 11) is 0. The van der Waals surface area contributed by atoms with Crippen molar-refractivity contribution < 1.29 is 0 Å². The maximum atomic E-state index is 2.33. The first-order valence-electron chi connectivity index (χ1n) is 16.0. The van der Waals surface area contributed by atoms with Crippen molar-refractivity contribution in [1.29, 1.82) is 0 Å². The highest BCUT2D eigenvalue weighted by atomic mass is 15.1. The van der Waals surface area contributed by atoms with Gasteiger partial charge in [-0.15, -0.1) is 0 Å². The number of hydrogen-bond donors (Lipinski definition) is 0. The molecule has 0 aliphatic rings. The first kappa shape index (κ1) is 29.6. The molecule has 0 heterocycles. The van der Waals surface area contributed by atoms with Crippen LogP contribution in [0.5, 0.6) is 0 Å². The van der Waals surface area contributed by atoms with Crippen molar-refractivity contribution in [3.05, 3.63) is 205 Å². The second-order valence-corrected chi connectivity index (χ2v) is 11.6. The van der Waals surface area contributed by atoms with E-state index < -0.39 is 0 Å². The van der Waals surface area contributed by atoms with Gasteiger partial charge in [0, 0.05) is 34.1 Å². The molecule has 226 valence electrons. The molecule has 0 spiro atoms. The Morgan fingerprint density at radius 2 is 0.681 bits per heavy atom. The molecular formula is C45H36N2. The van der Waals surface area contributed by atoms with E-state index >= 15 is 0 Å². The Bertz CT molecular complexity index is 2010. The Kier molecular flexibility index (Phi) is 8.74. The SMILES string of the molecule is Cc1ccccc1N(c1ccc(C=Cc2ccc(N(c3ccccc3)c3ccccc3)cc2)cc1)c1ccc(-c2ccccc2)cc1. The highest BCUT2D eigenvalue weighted by molar-refractivity contribution is 5.81. The van der Waals surface area contributed by atoms with Crippen LogP contribution in [-0.4, -0.2) is 0 Å². The second-order valence-electron chi connectivity index (χ2n) is 11.6. The molecule has 47 heavy (non-hydrogen) atoms. The number of hydrogen-bond acceptors (Lipinski definition) is 2. The summed E-state index contributed by atoms with van der Waals surface area (Å²) in [5.74, 6) is 0. The smallest absolute Gasteiger partial charge is 0.0490 e. The van der Waals surface area contributed by atoms with E-state index in [2.05, 4.69) is 217 Å². The summed E-state index contributed by atoms with van der Waals surface area (Å²) < 4.78 is 0. The number of aryl methyl sites for hydroxylation is 1. The molecule has 0 aliphatic heterocycles. The molecule has 7 aromatic carbocycles. The van der Waals surface area contributed by atoms with Gasteiger partial charge >= 0.3 is 0 Å². The lowest BCUT2D eigenvalue weighted by atomic mass is 10.0. The van der Waals surface area contributed by atoms with Gasteiger partial charge in [-0.1, -0.05) is 133 Å². The third-order valence-corrected chi connectivity index (χ3v) is 8.39. The molecule has 0 aliphatic carbocycles. The minimum absolute atomic E-state index is 1.12. The average Bonchev–Trinajstić information content (AvgIpc) is 3.14. The second kappa shape index (κ2) is 13.9. The maximum absolute atomic E-state index is 2.33. The fourth-order valence-corrected chi connectivity index (χ4v) is 5.94. The topological polar surface area (TPSA) is 6.48 Å². The molecule has 0 unspecified atom stereocenters. The quantitative estimate of drug-likeness (QED) is 0.151. The highest BCUT2D eigenvalue weighted by Crippen LogP contribution is 2.38. The van der Waals surface area contributed by atoms with Gasteiger partial charge in [-0.3, -0.25) is 0 Å². The molecule has 0 aromatic heterocycles. The van der Waals surface area contributed by atoms with Crippen molar-refractivity contribution >= 4 is 46.3 Å². The minimum atomic E-state index is 1.12. The number of anilines is 6. The van der Waals surface area contributed by atoms with Gasteiger partial charge in [-0.25, -0.2) is 0 Å². The van der Waals surface area contributed by atoms with Crippen LogP contribution < -0.4 is 9.80 Å². The number of rotatable bonds is 9. The fourth-order valence-electron chi connectivity index (χ4n) is 5.94. The summed E-state index contributed by atoms with van der Waals surface area (Å²) in [4.78, 5) is 4.61. The van der Waals surface area contributed by atoms with E-state index in [0.717, 1.165) is 39.6 Å². The molecule has 2 heteroatoms. The van der Waals surface area contributed by atoms with Gasteiger partial charge in [-0.05, 0) is 101 Å². The normalized spacial score (nSPS) is 11.0. The molecule has 0 N–H and O–H groups in total. The third-order valence-electron chi connectivity index (χ3n) is 8.39. The molecule has 7 rings (SSSR count). The summed E-state index contributed by atoms with van der Waals surface area (Å²) in [5.41, 5.74) is 12.8. The summed E-state index contributed by atoms with van der Waals surface area (Å²) in [6.07, 6.45) is 4.35. The zero-order valence-electron chi connectivity index (χ0n) is 26.4. The zero-order valence-corrected chi connectivity index (χ0v) is 26.4. The van der Waals surface area contributed by atoms with Crippen molar-refractivity contribution in [2.45, 2.75) is 6.92 Å². The van der Waals surface area contributed by atoms with E-state index in [1.807, 2.05) is 0 Å². The van der Waals surface area contributed by atoms with Gasteiger partial charge in [-0.2, -0.15) is 0 Å². The maximum Gasteiger partial charge on any atom is 0.0490 e. The average molecular weight is 605 g/mol. The van der Waals surface area contributed by atoms with Gasteiger partial charge in [0.05, 0.1) is 0 Å². The van der Waals surface area contributed by atoms with E-state index in [4.69, 9.17) is 0 Å². The molecular weight excluding hydrogens is 569 g/mol. The summed E-state index contributed by atoms with van der Waals surface area (Å²) in [5, 5.41) is 0. The number of nitrogens with zero attached hydrogens (tertiary/aromatic N) is 2. The minimum Gasteiger partial charge on any atom is -0.311 e. The molecule has 0 bridgehead atoms. The number of para-hydroxylation sites is 3. The van der Waals surface area contributed by atoms with Gasteiger partial charge in [0.25, 0.3) is 0 Å². The third kappa shape index (κ3) is 6.78. The van der Waals surface area contributed by atoms with Crippen LogP contribution in [0.1, 0.15) is 16.7 Å². The van der Waals surface area contributed by atoms with Crippen molar-refractivity contribution in [3.8, 4) is 11.1 Å². The molecule has 0 radical (unpaired) electrons. The van der Waals surface area contributed by atoms with Crippen molar-refractivity contribution in [3.63, 3.8) is 0 Å². The van der Waals surface area contributed by atoms with Crippen LogP contribution in [0.3, 0.4) is 0 Å². The lowest BCUT2D eigenvalue weighted by Crippen LogP contribution is -2.11. The molecule has 0 saturated heterocycles. The lowest BCUT2D eigenvalue weighted by Gasteiger charge is -2.27. The van der Waals surface area contributed by atoms with Crippen molar-refractivity contribution in [2.24, 2.45) is 0 Å². The van der Waals surface area contributed by atoms with Crippen LogP contribution >= 0.6 is 0 Å². The van der Waals surface area contributed by atoms with Gasteiger partial charge in [0.1, 0.15) is 0 Å². The van der Waals surface area contributed by atoms with Crippen LogP contribution in [0.25, 0.3) is 23.3 Å². The number of benzene rings is 7. The Hall–Kier alpha value is -6.12. The Labute approximate surface area is 278 Å². The van der Waals surface area contributed by atoms with Crippen LogP contribution in [0, 0.1) is 6.92 Å². The zero-order chi connectivity index (χ0) is 31.8. The van der Waals surface area contributed by atoms with Crippen LogP contribution in [0.15, 0.2) is 188 Å². The molecule has 7 aromatic rings. The summed E-state index contributed by atoms with van der Waals surface area (Å²) in [6.45, 7) is 2.17. The van der Waals surface area contributed by atoms with E-state index in [1.165, 1.54) is 22.4 Å². The molecule has 2 nitrogen and oxygen atoms in total. The Balaban J connectivity index is 1.13. The fraction of sp³-hybridized carbons (Fsp3) is 0.0222. The van der Waals surface area contributed by atoms with E-state index in [-0.39, 0.29) is 0 Å². The first-order valence-corrected chi connectivity index (χ1v) is 16.0. The molecule has 0 atom stereocenters. The van der Waals surface area contributed by atoms with Gasteiger partial charge in [0.15, 0.2) is 0 Å². The monoisotopic (exact) mass is 604 g/mol. The Morgan fingerprint density at radius 3 is 1.17 bits per heavy atom. The van der Waals surface area contributed by atoms with Gasteiger partial charge in [0.2, 0.25) is 0 Å². The van der Waals surface area contributed by atoms with Crippen molar-refractivity contribution in [2.75, 3.05) is 9.80 Å². The predicted octanol–water partition coefficient (Wildman–Crippen LogP) is 12.8. The van der Waals surface area contributed by atoms with E-state index in [9.17, 15) is 0 Å². The van der Waals surface area contributed by atoms with E-state index in [0.29, 0.717) is 0 Å². The largest absolute Gasteiger partial charge is 0.311 e. The summed E-state index contributed by atoms with van der Waals surface area (Å²) in [6, 6.07) is 66.4. The van der Waals surface area contributed by atoms with Crippen LogP contribution in [-0.2, 0) is 0 Å². The Morgan fingerprint density at radius 1 is 0.319 bits per heavy atom. The predicted molar refractivity (Wildman–Crippen MR) is 201 cm³/mol. The molecule has 0 amide bonds. The standard InChI is InChI=1S/C45H36N2/c1-35-13-11-12-20-45(35)47(44-33-27-39(28-34-44)38-14-5-2-6-15-38)43-31-25-37(26-32-43)22-21-36-23-29-42(30-24-36)46(40-16-7-3-8-17-40)41-18-9-4-10-19-41/h2-34H,1H3. The van der Waals surface area contributed by atoms with Crippen molar-refractivity contribution in [1.82, 2.24) is 0 Å². The highest BCUT2D eigenvalue weighted by Gasteiger charge is 2.15. The molecule has 0 fully saturated rings. The van der Waals surface area contributed by atoms with E-state index in [1.54, 1.807) is 0 Å². The van der Waals surface area contributed by atoms with Gasteiger partial charge < -0.3 is 9.80 Å². The first-order chi connectivity index (χ1) is 23.2. The van der Waals surface area contributed by atoms with Crippen LogP contribution in [0.2, 0.25) is 0 Å². The lowest BCUT2D eigenvalue weighted by molar-refractivity contribution is 1.25. The van der Waals surface area contributed by atoms with Crippen LogP contribution in [0.4, 0.5) is 34.1 Å². The summed E-state index contributed by atoms with van der Waals surface area (Å²) >= 11 is 0. The molecule has 0 saturated carbocycles.